The van der Waals surface area contributed by atoms with Crippen LogP contribution in [0.1, 0.15) is 30.1 Å². The lowest BCUT2D eigenvalue weighted by Gasteiger charge is -2.33. The first-order valence-electron chi connectivity index (χ1n) is 8.17. The Bertz CT molecular complexity index is 455. The molecular weight excluding hydrogens is 298 g/mol. The third-order valence-corrected chi connectivity index (χ3v) is 4.46. The van der Waals surface area contributed by atoms with Crippen LogP contribution in [-0.2, 0) is 0 Å². The number of rotatable bonds is 7. The van der Waals surface area contributed by atoms with Gasteiger partial charge in [0.25, 0.3) is 5.91 Å². The van der Waals surface area contributed by atoms with Crippen LogP contribution in [0.5, 0.6) is 0 Å². The maximum atomic E-state index is 11.9. The summed E-state index contributed by atoms with van der Waals surface area (Å²) in [6, 6.07) is 6.99. The van der Waals surface area contributed by atoms with Crippen molar-refractivity contribution >= 4 is 17.5 Å². The molecule has 1 heterocycles. The van der Waals surface area contributed by atoms with Gasteiger partial charge in [-0.25, -0.2) is 0 Å². The van der Waals surface area contributed by atoms with Crippen LogP contribution in [0.3, 0.4) is 0 Å². The van der Waals surface area contributed by atoms with Gasteiger partial charge in [0.05, 0.1) is 0 Å². The Labute approximate surface area is 138 Å². The second-order valence-corrected chi connectivity index (χ2v) is 6.18. The molecule has 1 fully saturated rings. The molecule has 1 aromatic rings. The Morgan fingerprint density at radius 3 is 2.36 bits per heavy atom. The van der Waals surface area contributed by atoms with E-state index in [1.165, 1.54) is 26.2 Å². The average molecular weight is 324 g/mol. The van der Waals surface area contributed by atoms with Crippen LogP contribution in [0.4, 0.5) is 0 Å². The number of hydrogen-bond donors (Lipinski definition) is 1. The van der Waals surface area contributed by atoms with E-state index in [2.05, 4.69) is 22.0 Å². The van der Waals surface area contributed by atoms with Gasteiger partial charge < -0.3 is 15.1 Å². The van der Waals surface area contributed by atoms with Gasteiger partial charge in [0.15, 0.2) is 0 Å². The van der Waals surface area contributed by atoms with Gasteiger partial charge >= 0.3 is 0 Å². The second-order valence-electron chi connectivity index (χ2n) is 5.75. The summed E-state index contributed by atoms with van der Waals surface area (Å²) in [5.41, 5.74) is 0.667. The molecule has 0 saturated carbocycles. The predicted molar refractivity (Wildman–Crippen MR) is 91.6 cm³/mol. The number of piperazine rings is 1. The van der Waals surface area contributed by atoms with Crippen LogP contribution >= 0.6 is 11.6 Å². The minimum Gasteiger partial charge on any atom is -0.352 e. The fraction of sp³-hybridized carbons (Fsp3) is 0.588. The summed E-state index contributed by atoms with van der Waals surface area (Å²) in [4.78, 5) is 16.9. The highest BCUT2D eigenvalue weighted by molar-refractivity contribution is 6.30. The molecule has 0 atom stereocenters. The standard InChI is InChI=1S/C17H26ClN3O/c1-2-20-11-13-21(14-12-20)10-4-3-9-19-17(22)15-5-7-16(18)8-6-15/h5-8H,2-4,9-14H2,1H3,(H,19,22). The molecule has 1 amide bonds. The molecule has 4 nitrogen and oxygen atoms in total. The number of likely N-dealkylation sites (N-methyl/N-ethyl adjacent to an activating group) is 1. The fourth-order valence-corrected chi connectivity index (χ4v) is 2.82. The number of carbonyl (C=O) groups is 1. The van der Waals surface area contributed by atoms with Crippen molar-refractivity contribution in [1.29, 1.82) is 0 Å². The first-order valence-corrected chi connectivity index (χ1v) is 8.55. The van der Waals surface area contributed by atoms with Crippen molar-refractivity contribution in [3.05, 3.63) is 34.9 Å². The molecule has 0 aliphatic carbocycles. The van der Waals surface area contributed by atoms with E-state index >= 15 is 0 Å². The lowest BCUT2D eigenvalue weighted by Crippen LogP contribution is -2.46. The summed E-state index contributed by atoms with van der Waals surface area (Å²) in [5, 5.41) is 3.62. The van der Waals surface area contributed by atoms with E-state index in [-0.39, 0.29) is 5.91 Å². The monoisotopic (exact) mass is 323 g/mol. The zero-order chi connectivity index (χ0) is 15.8. The van der Waals surface area contributed by atoms with E-state index in [4.69, 9.17) is 11.6 Å². The molecule has 1 aromatic carbocycles. The number of benzene rings is 1. The van der Waals surface area contributed by atoms with E-state index in [0.29, 0.717) is 10.6 Å². The zero-order valence-corrected chi connectivity index (χ0v) is 14.1. The molecule has 1 saturated heterocycles. The molecule has 22 heavy (non-hydrogen) atoms. The smallest absolute Gasteiger partial charge is 0.251 e. The zero-order valence-electron chi connectivity index (χ0n) is 13.4. The third-order valence-electron chi connectivity index (χ3n) is 4.21. The molecule has 0 aromatic heterocycles. The highest BCUT2D eigenvalue weighted by atomic mass is 35.5. The lowest BCUT2D eigenvalue weighted by molar-refractivity contribution is 0.0951. The molecule has 1 N–H and O–H groups in total. The molecule has 1 aliphatic heterocycles. The molecule has 0 bridgehead atoms. The molecule has 122 valence electrons. The average Bonchev–Trinajstić information content (AvgIpc) is 2.55. The van der Waals surface area contributed by atoms with Gasteiger partial charge in [-0.15, -0.1) is 0 Å². The molecule has 0 unspecified atom stereocenters. The first-order chi connectivity index (χ1) is 10.7. The van der Waals surface area contributed by atoms with E-state index in [9.17, 15) is 4.79 Å². The van der Waals surface area contributed by atoms with Crippen LogP contribution in [0.15, 0.2) is 24.3 Å². The van der Waals surface area contributed by atoms with Gasteiger partial charge in [-0.05, 0) is 50.2 Å². The molecule has 0 radical (unpaired) electrons. The van der Waals surface area contributed by atoms with Gasteiger partial charge in [0.2, 0.25) is 0 Å². The van der Waals surface area contributed by atoms with Crippen LogP contribution < -0.4 is 5.32 Å². The summed E-state index contributed by atoms with van der Waals surface area (Å²) in [6.45, 7) is 9.96. The number of nitrogens with zero attached hydrogens (tertiary/aromatic N) is 2. The van der Waals surface area contributed by atoms with Crippen molar-refractivity contribution in [3.8, 4) is 0 Å². The number of hydrogen-bond acceptors (Lipinski definition) is 3. The van der Waals surface area contributed by atoms with Crippen molar-refractivity contribution in [2.24, 2.45) is 0 Å². The SMILES string of the molecule is CCN1CCN(CCCCNC(=O)c2ccc(Cl)cc2)CC1. The highest BCUT2D eigenvalue weighted by Crippen LogP contribution is 2.09. The summed E-state index contributed by atoms with van der Waals surface area (Å²) in [5.74, 6) is -0.0202. The normalized spacial score (nSPS) is 16.6. The van der Waals surface area contributed by atoms with Crippen molar-refractivity contribution in [2.75, 3.05) is 45.8 Å². The van der Waals surface area contributed by atoms with Gasteiger partial charge in [0, 0.05) is 43.3 Å². The molecule has 0 spiro atoms. The Morgan fingerprint density at radius 2 is 1.73 bits per heavy atom. The number of carbonyl (C=O) groups excluding carboxylic acids is 1. The van der Waals surface area contributed by atoms with Crippen molar-refractivity contribution < 1.29 is 4.79 Å². The quantitative estimate of drug-likeness (QED) is 0.783. The van der Waals surface area contributed by atoms with Crippen LogP contribution in [-0.4, -0.2) is 61.5 Å². The van der Waals surface area contributed by atoms with Crippen LogP contribution in [0.25, 0.3) is 0 Å². The molecular formula is C17H26ClN3O. The number of unbranched alkanes of at least 4 members (excludes halogenated alkanes) is 1. The molecule has 2 rings (SSSR count). The molecule has 1 aliphatic rings. The second kappa shape index (κ2) is 9.13. The predicted octanol–water partition coefficient (Wildman–Crippen LogP) is 2.49. The summed E-state index contributed by atoms with van der Waals surface area (Å²) in [7, 11) is 0. The van der Waals surface area contributed by atoms with Crippen molar-refractivity contribution in [1.82, 2.24) is 15.1 Å². The maximum absolute atomic E-state index is 11.9. The Balaban J connectivity index is 1.56. The number of amides is 1. The van der Waals surface area contributed by atoms with Gasteiger partial charge in [0.1, 0.15) is 0 Å². The fourth-order valence-electron chi connectivity index (χ4n) is 2.69. The van der Waals surface area contributed by atoms with E-state index in [1.54, 1.807) is 24.3 Å². The highest BCUT2D eigenvalue weighted by Gasteiger charge is 2.14. The summed E-state index contributed by atoms with van der Waals surface area (Å²) in [6.07, 6.45) is 2.15. The van der Waals surface area contributed by atoms with Gasteiger partial charge in [-0.1, -0.05) is 18.5 Å². The maximum Gasteiger partial charge on any atom is 0.251 e. The third kappa shape index (κ3) is 5.59. The molecule has 5 heteroatoms. The van der Waals surface area contributed by atoms with Crippen molar-refractivity contribution in [3.63, 3.8) is 0 Å². The number of nitrogens with one attached hydrogen (secondary N) is 1. The van der Waals surface area contributed by atoms with E-state index in [1.807, 2.05) is 0 Å². The Hall–Kier alpha value is -1.10. The first kappa shape index (κ1) is 17.3. The minimum absolute atomic E-state index is 0.0202. The lowest BCUT2D eigenvalue weighted by atomic mass is 10.2. The Morgan fingerprint density at radius 1 is 1.09 bits per heavy atom. The Kier molecular flexibility index (Phi) is 7.16. The van der Waals surface area contributed by atoms with E-state index < -0.39 is 0 Å². The largest absolute Gasteiger partial charge is 0.352 e. The topological polar surface area (TPSA) is 35.6 Å². The summed E-state index contributed by atoms with van der Waals surface area (Å²) < 4.78 is 0. The van der Waals surface area contributed by atoms with Crippen LogP contribution in [0.2, 0.25) is 5.02 Å². The van der Waals surface area contributed by atoms with Crippen LogP contribution in [0, 0.1) is 0 Å². The van der Waals surface area contributed by atoms with Gasteiger partial charge in [-0.3, -0.25) is 4.79 Å². The van der Waals surface area contributed by atoms with Gasteiger partial charge in [-0.2, -0.15) is 0 Å². The van der Waals surface area contributed by atoms with E-state index in [0.717, 1.165) is 32.5 Å². The summed E-state index contributed by atoms with van der Waals surface area (Å²) >= 11 is 5.81. The number of halogens is 1. The van der Waals surface area contributed by atoms with Crippen molar-refractivity contribution in [2.45, 2.75) is 19.8 Å². The minimum atomic E-state index is -0.0202.